The van der Waals surface area contributed by atoms with Gasteiger partial charge in [0.05, 0.1) is 17.8 Å². The fraction of sp³-hybridized carbons (Fsp3) is 0.632. The topological polar surface area (TPSA) is 51.1 Å². The predicted octanol–water partition coefficient (Wildman–Crippen LogP) is 2.98. The molecule has 0 unspecified atom stereocenters. The van der Waals surface area contributed by atoms with Crippen LogP contribution in [-0.4, -0.2) is 60.8 Å². The van der Waals surface area contributed by atoms with Crippen LogP contribution in [0.5, 0.6) is 0 Å². The SMILES string of the molecule is CCNC(=NCC1(O)CCCC1)N1CCN(c2cc(F)ccc2F)CC1.I. The zero-order valence-corrected chi connectivity index (χ0v) is 18.1. The van der Waals surface area contributed by atoms with E-state index in [0.29, 0.717) is 38.4 Å². The molecule has 2 aliphatic rings. The molecule has 0 bridgehead atoms. The summed E-state index contributed by atoms with van der Waals surface area (Å²) < 4.78 is 27.4. The van der Waals surface area contributed by atoms with Gasteiger partial charge in [-0.05, 0) is 31.9 Å². The Morgan fingerprint density at radius 1 is 1.19 bits per heavy atom. The molecule has 2 N–H and O–H groups in total. The van der Waals surface area contributed by atoms with Crippen LogP contribution in [-0.2, 0) is 0 Å². The molecule has 0 amide bonds. The number of nitrogens with zero attached hydrogens (tertiary/aromatic N) is 3. The summed E-state index contributed by atoms with van der Waals surface area (Å²) in [5.41, 5.74) is -0.362. The van der Waals surface area contributed by atoms with Gasteiger partial charge in [0.25, 0.3) is 0 Å². The Balaban J connectivity index is 0.00000261. The van der Waals surface area contributed by atoms with Gasteiger partial charge in [-0.25, -0.2) is 8.78 Å². The zero-order chi connectivity index (χ0) is 18.6. The molecule has 0 spiro atoms. The minimum atomic E-state index is -0.673. The first-order chi connectivity index (χ1) is 12.5. The third-order valence-electron chi connectivity index (χ3n) is 5.22. The first kappa shape index (κ1) is 22.1. The van der Waals surface area contributed by atoms with Crippen molar-refractivity contribution in [3.8, 4) is 0 Å². The standard InChI is InChI=1S/C19H28F2N4O.HI/c1-2-22-18(23-14-19(26)7-3-4-8-19)25-11-9-24(10-12-25)17-13-15(20)5-6-16(17)21;/h5-6,13,26H,2-4,7-12,14H2,1H3,(H,22,23);1H. The van der Waals surface area contributed by atoms with E-state index in [9.17, 15) is 13.9 Å². The molecule has 27 heavy (non-hydrogen) atoms. The molecule has 8 heteroatoms. The number of piperazine rings is 1. The second-order valence-corrected chi connectivity index (χ2v) is 7.17. The van der Waals surface area contributed by atoms with Crippen molar-refractivity contribution in [1.29, 1.82) is 0 Å². The lowest BCUT2D eigenvalue weighted by atomic mass is 10.0. The van der Waals surface area contributed by atoms with Gasteiger partial charge in [0.2, 0.25) is 0 Å². The van der Waals surface area contributed by atoms with Crippen LogP contribution in [0.3, 0.4) is 0 Å². The summed E-state index contributed by atoms with van der Waals surface area (Å²) in [6.07, 6.45) is 3.73. The summed E-state index contributed by atoms with van der Waals surface area (Å²) in [4.78, 5) is 8.63. The van der Waals surface area contributed by atoms with Crippen LogP contribution in [0.2, 0.25) is 0 Å². The van der Waals surface area contributed by atoms with Gasteiger partial charge in [0, 0.05) is 38.8 Å². The minimum Gasteiger partial charge on any atom is -0.388 e. The number of rotatable bonds is 4. The van der Waals surface area contributed by atoms with Crippen LogP contribution in [0, 0.1) is 11.6 Å². The Labute approximate surface area is 176 Å². The first-order valence-corrected chi connectivity index (χ1v) is 9.46. The zero-order valence-electron chi connectivity index (χ0n) is 15.8. The van der Waals surface area contributed by atoms with E-state index in [1.807, 2.05) is 11.8 Å². The van der Waals surface area contributed by atoms with E-state index in [-0.39, 0.29) is 24.0 Å². The van der Waals surface area contributed by atoms with Crippen molar-refractivity contribution < 1.29 is 13.9 Å². The number of hydrogen-bond donors (Lipinski definition) is 2. The van der Waals surface area contributed by atoms with Gasteiger partial charge in [-0.2, -0.15) is 0 Å². The van der Waals surface area contributed by atoms with E-state index in [1.165, 1.54) is 12.1 Å². The number of hydrogen-bond acceptors (Lipinski definition) is 3. The highest BCUT2D eigenvalue weighted by atomic mass is 127. The Morgan fingerprint density at radius 3 is 2.48 bits per heavy atom. The highest BCUT2D eigenvalue weighted by Gasteiger charge is 2.31. The van der Waals surface area contributed by atoms with Crippen molar-refractivity contribution in [3.05, 3.63) is 29.8 Å². The molecule has 0 atom stereocenters. The summed E-state index contributed by atoms with van der Waals surface area (Å²) in [5, 5.41) is 13.8. The highest BCUT2D eigenvalue weighted by molar-refractivity contribution is 14.0. The number of halogens is 3. The normalized spacial score (nSPS) is 19.8. The van der Waals surface area contributed by atoms with Gasteiger partial charge >= 0.3 is 0 Å². The summed E-state index contributed by atoms with van der Waals surface area (Å²) in [6, 6.07) is 3.56. The molecule has 0 aromatic heterocycles. The lowest BCUT2D eigenvalue weighted by molar-refractivity contribution is 0.0571. The number of aliphatic imine (C=N–C) groups is 1. The minimum absolute atomic E-state index is 0. The second kappa shape index (κ2) is 9.86. The van der Waals surface area contributed by atoms with E-state index in [2.05, 4.69) is 15.2 Å². The molecule has 2 fully saturated rings. The number of guanidine groups is 1. The van der Waals surface area contributed by atoms with E-state index in [0.717, 1.165) is 44.3 Å². The average molecular weight is 494 g/mol. The molecule has 1 aromatic carbocycles. The molecule has 1 saturated carbocycles. The number of anilines is 1. The van der Waals surface area contributed by atoms with Crippen LogP contribution in [0.25, 0.3) is 0 Å². The molecular formula is C19H29F2IN4O. The monoisotopic (exact) mass is 494 g/mol. The lowest BCUT2D eigenvalue weighted by Crippen LogP contribution is -2.53. The quantitative estimate of drug-likeness (QED) is 0.384. The van der Waals surface area contributed by atoms with Gasteiger partial charge < -0.3 is 20.2 Å². The van der Waals surface area contributed by atoms with Gasteiger partial charge in [-0.3, -0.25) is 4.99 Å². The highest BCUT2D eigenvalue weighted by Crippen LogP contribution is 2.29. The Morgan fingerprint density at radius 2 is 1.85 bits per heavy atom. The molecule has 152 valence electrons. The lowest BCUT2D eigenvalue weighted by Gasteiger charge is -2.38. The maximum absolute atomic E-state index is 14.0. The van der Waals surface area contributed by atoms with Gasteiger partial charge in [0.15, 0.2) is 5.96 Å². The average Bonchev–Trinajstić information content (AvgIpc) is 3.08. The maximum atomic E-state index is 14.0. The summed E-state index contributed by atoms with van der Waals surface area (Å²) >= 11 is 0. The Hall–Kier alpha value is -1.16. The fourth-order valence-electron chi connectivity index (χ4n) is 3.73. The summed E-state index contributed by atoms with van der Waals surface area (Å²) in [5.74, 6) is -0.0420. The molecule has 5 nitrogen and oxygen atoms in total. The Bertz CT molecular complexity index is 645. The van der Waals surface area contributed by atoms with Gasteiger partial charge in [-0.15, -0.1) is 24.0 Å². The first-order valence-electron chi connectivity index (χ1n) is 9.46. The molecular weight excluding hydrogens is 465 g/mol. The number of aliphatic hydroxyl groups is 1. The predicted molar refractivity (Wildman–Crippen MR) is 115 cm³/mol. The van der Waals surface area contributed by atoms with Crippen LogP contribution in [0.15, 0.2) is 23.2 Å². The van der Waals surface area contributed by atoms with Gasteiger partial charge in [-0.1, -0.05) is 12.8 Å². The maximum Gasteiger partial charge on any atom is 0.194 e. The van der Waals surface area contributed by atoms with Crippen LogP contribution in [0.4, 0.5) is 14.5 Å². The van der Waals surface area contributed by atoms with Crippen LogP contribution >= 0.6 is 24.0 Å². The van der Waals surface area contributed by atoms with Crippen molar-refractivity contribution >= 4 is 35.6 Å². The molecule has 1 aromatic rings. The Kier molecular flexibility index (Phi) is 8.08. The van der Waals surface area contributed by atoms with Crippen molar-refractivity contribution in [2.75, 3.05) is 44.2 Å². The van der Waals surface area contributed by atoms with Crippen molar-refractivity contribution in [1.82, 2.24) is 10.2 Å². The van der Waals surface area contributed by atoms with E-state index >= 15 is 0 Å². The van der Waals surface area contributed by atoms with Crippen molar-refractivity contribution in [2.45, 2.75) is 38.2 Å². The van der Waals surface area contributed by atoms with Crippen molar-refractivity contribution in [2.24, 2.45) is 4.99 Å². The molecule has 1 saturated heterocycles. The van der Waals surface area contributed by atoms with Gasteiger partial charge in [0.1, 0.15) is 11.6 Å². The van der Waals surface area contributed by atoms with E-state index in [1.54, 1.807) is 0 Å². The summed E-state index contributed by atoms with van der Waals surface area (Å²) in [6.45, 7) is 5.69. The van der Waals surface area contributed by atoms with Crippen LogP contribution in [0.1, 0.15) is 32.6 Å². The second-order valence-electron chi connectivity index (χ2n) is 7.17. The van der Waals surface area contributed by atoms with E-state index in [4.69, 9.17) is 0 Å². The summed E-state index contributed by atoms with van der Waals surface area (Å²) in [7, 11) is 0. The molecule has 0 radical (unpaired) electrons. The number of nitrogens with one attached hydrogen (secondary N) is 1. The third kappa shape index (κ3) is 5.66. The van der Waals surface area contributed by atoms with E-state index < -0.39 is 17.2 Å². The number of benzene rings is 1. The molecule has 1 heterocycles. The largest absolute Gasteiger partial charge is 0.388 e. The van der Waals surface area contributed by atoms with Crippen LogP contribution < -0.4 is 10.2 Å². The smallest absolute Gasteiger partial charge is 0.194 e. The fourth-order valence-corrected chi connectivity index (χ4v) is 3.73. The van der Waals surface area contributed by atoms with Crippen molar-refractivity contribution in [3.63, 3.8) is 0 Å². The third-order valence-corrected chi connectivity index (χ3v) is 5.22. The molecule has 3 rings (SSSR count). The molecule has 1 aliphatic heterocycles. The molecule has 1 aliphatic carbocycles.